The van der Waals surface area contributed by atoms with Crippen LogP contribution >= 0.6 is 0 Å². The topological polar surface area (TPSA) is 55.4 Å². The fraction of sp³-hybridized carbons (Fsp3) is 0.882. The predicted molar refractivity (Wildman–Crippen MR) is 79.5 cm³/mol. The molecule has 118 valence electrons. The van der Waals surface area contributed by atoms with Gasteiger partial charge in [-0.2, -0.15) is 0 Å². The zero-order valence-electron chi connectivity index (χ0n) is 13.4. The lowest BCUT2D eigenvalue weighted by atomic mass is 9.49. The van der Waals surface area contributed by atoms with Crippen LogP contribution in [0.3, 0.4) is 0 Å². The largest absolute Gasteiger partial charge is 0.467 e. The molecule has 0 unspecified atom stereocenters. The molecule has 4 rings (SSSR count). The molecule has 4 fully saturated rings. The Balaban J connectivity index is 1.64. The molecule has 0 aromatic heterocycles. The van der Waals surface area contributed by atoms with Gasteiger partial charge in [-0.05, 0) is 75.5 Å². The Bertz CT molecular complexity index is 420. The van der Waals surface area contributed by atoms with E-state index in [1.165, 1.54) is 45.6 Å². The maximum atomic E-state index is 12.4. The summed E-state index contributed by atoms with van der Waals surface area (Å²) < 4.78 is 4.76. The molecule has 4 nitrogen and oxygen atoms in total. The van der Waals surface area contributed by atoms with E-state index in [0.717, 1.165) is 17.8 Å². The van der Waals surface area contributed by atoms with Gasteiger partial charge in [-0.1, -0.05) is 0 Å². The van der Waals surface area contributed by atoms with E-state index >= 15 is 0 Å². The second-order valence-corrected chi connectivity index (χ2v) is 8.26. The highest BCUT2D eigenvalue weighted by Gasteiger charge is 2.51. The number of rotatable bonds is 4. The third-order valence-electron chi connectivity index (χ3n) is 5.85. The van der Waals surface area contributed by atoms with Gasteiger partial charge in [0.2, 0.25) is 5.91 Å². The number of esters is 1. The number of hydrogen-bond donors (Lipinski definition) is 1. The molecular weight excluding hydrogens is 266 g/mol. The monoisotopic (exact) mass is 293 g/mol. The molecule has 4 saturated carbocycles. The normalized spacial score (nSPS) is 37.4. The summed E-state index contributed by atoms with van der Waals surface area (Å²) in [4.78, 5) is 24.1. The van der Waals surface area contributed by atoms with Crippen molar-refractivity contribution in [1.82, 2.24) is 5.32 Å². The minimum Gasteiger partial charge on any atom is -0.467 e. The van der Waals surface area contributed by atoms with Crippen molar-refractivity contribution in [1.29, 1.82) is 0 Å². The minimum absolute atomic E-state index is 0.00681. The molecule has 0 atom stereocenters. The van der Waals surface area contributed by atoms with Crippen LogP contribution in [-0.2, 0) is 14.3 Å². The summed E-state index contributed by atoms with van der Waals surface area (Å²) in [6.45, 7) is 3.41. The number of hydrogen-bond acceptors (Lipinski definition) is 3. The molecular formula is C17H27NO3. The lowest BCUT2D eigenvalue weighted by Gasteiger charge is -2.56. The summed E-state index contributed by atoms with van der Waals surface area (Å²) in [7, 11) is 1.36. The van der Waals surface area contributed by atoms with Crippen molar-refractivity contribution in [3.63, 3.8) is 0 Å². The third-order valence-corrected chi connectivity index (χ3v) is 5.85. The van der Waals surface area contributed by atoms with Crippen LogP contribution in [0, 0.1) is 23.2 Å². The number of carbonyl (C=O) groups excluding carboxylic acids is 2. The summed E-state index contributed by atoms with van der Waals surface area (Å²) >= 11 is 0. The van der Waals surface area contributed by atoms with Crippen LogP contribution in [0.2, 0.25) is 0 Å². The van der Waals surface area contributed by atoms with E-state index in [-0.39, 0.29) is 17.3 Å². The van der Waals surface area contributed by atoms with E-state index in [1.807, 2.05) is 0 Å². The van der Waals surface area contributed by atoms with Gasteiger partial charge in [0.25, 0.3) is 0 Å². The molecule has 0 aromatic carbocycles. The van der Waals surface area contributed by atoms with Gasteiger partial charge < -0.3 is 10.1 Å². The second kappa shape index (κ2) is 4.99. The van der Waals surface area contributed by atoms with Crippen molar-refractivity contribution in [3.05, 3.63) is 0 Å². The molecule has 4 bridgehead atoms. The van der Waals surface area contributed by atoms with Crippen molar-refractivity contribution in [3.8, 4) is 0 Å². The molecule has 0 aliphatic heterocycles. The summed E-state index contributed by atoms with van der Waals surface area (Å²) in [5.74, 6) is 2.15. The molecule has 1 N–H and O–H groups in total. The smallest absolute Gasteiger partial charge is 0.330 e. The third kappa shape index (κ3) is 2.82. The predicted octanol–water partition coefficient (Wildman–Crippen LogP) is 2.66. The standard InChI is InChI=1S/C17H27NO3/c1-16(2,15(20)21-3)18-14(19)10-17-7-11-4-12(8-17)6-13(5-11)9-17/h11-13H,4-10H2,1-3H3,(H,18,19). The van der Waals surface area contributed by atoms with Crippen molar-refractivity contribution >= 4 is 11.9 Å². The Hall–Kier alpha value is -1.06. The van der Waals surface area contributed by atoms with Gasteiger partial charge in [0.05, 0.1) is 7.11 Å². The number of amides is 1. The minimum atomic E-state index is -0.936. The van der Waals surface area contributed by atoms with E-state index in [2.05, 4.69) is 5.32 Å². The summed E-state index contributed by atoms with van der Waals surface area (Å²) in [5, 5.41) is 2.87. The lowest BCUT2D eigenvalue weighted by Crippen LogP contribution is -2.53. The first-order valence-electron chi connectivity index (χ1n) is 8.21. The van der Waals surface area contributed by atoms with E-state index in [9.17, 15) is 9.59 Å². The highest BCUT2D eigenvalue weighted by Crippen LogP contribution is 2.61. The molecule has 4 aliphatic carbocycles. The number of ether oxygens (including phenoxy) is 1. The van der Waals surface area contributed by atoms with Gasteiger partial charge in [0.15, 0.2) is 0 Å². The molecule has 0 aromatic rings. The maximum absolute atomic E-state index is 12.4. The molecule has 21 heavy (non-hydrogen) atoms. The van der Waals surface area contributed by atoms with Crippen LogP contribution in [-0.4, -0.2) is 24.5 Å². The van der Waals surface area contributed by atoms with Crippen LogP contribution in [0.15, 0.2) is 0 Å². The molecule has 0 heterocycles. The first kappa shape index (κ1) is 14.9. The van der Waals surface area contributed by atoms with Gasteiger partial charge >= 0.3 is 5.97 Å². The average Bonchev–Trinajstić information content (AvgIpc) is 2.34. The van der Waals surface area contributed by atoms with E-state index < -0.39 is 5.54 Å². The number of carbonyl (C=O) groups is 2. The number of nitrogens with one attached hydrogen (secondary N) is 1. The van der Waals surface area contributed by atoms with Crippen LogP contribution in [0.4, 0.5) is 0 Å². The Morgan fingerprint density at radius 2 is 1.57 bits per heavy atom. The van der Waals surface area contributed by atoms with Gasteiger partial charge in [-0.15, -0.1) is 0 Å². The molecule has 4 aliphatic rings. The highest BCUT2D eigenvalue weighted by molar-refractivity contribution is 5.87. The lowest BCUT2D eigenvalue weighted by molar-refractivity contribution is -0.150. The summed E-state index contributed by atoms with van der Waals surface area (Å²) in [6.07, 6.45) is 8.37. The Morgan fingerprint density at radius 3 is 2.00 bits per heavy atom. The summed E-state index contributed by atoms with van der Waals surface area (Å²) in [5.41, 5.74) is -0.723. The molecule has 1 amide bonds. The van der Waals surface area contributed by atoms with E-state index in [1.54, 1.807) is 13.8 Å². The maximum Gasteiger partial charge on any atom is 0.330 e. The first-order chi connectivity index (χ1) is 9.82. The summed E-state index contributed by atoms with van der Waals surface area (Å²) in [6, 6.07) is 0. The molecule has 4 heteroatoms. The van der Waals surface area contributed by atoms with Crippen LogP contribution in [0.25, 0.3) is 0 Å². The molecule has 0 saturated heterocycles. The fourth-order valence-electron chi connectivity index (χ4n) is 5.55. The van der Waals surface area contributed by atoms with Crippen LogP contribution < -0.4 is 5.32 Å². The second-order valence-electron chi connectivity index (χ2n) is 8.26. The Kier molecular flexibility index (Phi) is 3.53. The van der Waals surface area contributed by atoms with Crippen molar-refractivity contribution in [2.24, 2.45) is 23.2 Å². The van der Waals surface area contributed by atoms with Crippen LogP contribution in [0.5, 0.6) is 0 Å². The van der Waals surface area contributed by atoms with Gasteiger partial charge in [0.1, 0.15) is 5.54 Å². The van der Waals surface area contributed by atoms with E-state index in [4.69, 9.17) is 4.74 Å². The van der Waals surface area contributed by atoms with E-state index in [0.29, 0.717) is 6.42 Å². The first-order valence-corrected chi connectivity index (χ1v) is 8.21. The average molecular weight is 293 g/mol. The van der Waals surface area contributed by atoms with Crippen molar-refractivity contribution < 1.29 is 14.3 Å². The van der Waals surface area contributed by atoms with Gasteiger partial charge in [-0.25, -0.2) is 4.79 Å². The number of methoxy groups -OCH3 is 1. The SMILES string of the molecule is COC(=O)C(C)(C)NC(=O)CC12CC3CC(CC(C3)C1)C2. The Morgan fingerprint density at radius 1 is 1.10 bits per heavy atom. The molecule has 0 spiro atoms. The highest BCUT2D eigenvalue weighted by atomic mass is 16.5. The fourth-order valence-corrected chi connectivity index (χ4v) is 5.55. The van der Waals surface area contributed by atoms with Gasteiger partial charge in [-0.3, -0.25) is 4.79 Å². The van der Waals surface area contributed by atoms with Gasteiger partial charge in [0, 0.05) is 6.42 Å². The molecule has 0 radical (unpaired) electrons. The van der Waals surface area contributed by atoms with Crippen molar-refractivity contribution in [2.45, 2.75) is 64.3 Å². The van der Waals surface area contributed by atoms with Crippen molar-refractivity contribution in [2.75, 3.05) is 7.11 Å². The Labute approximate surface area is 127 Å². The van der Waals surface area contributed by atoms with Crippen LogP contribution in [0.1, 0.15) is 58.8 Å². The zero-order valence-corrected chi connectivity index (χ0v) is 13.4. The zero-order chi connectivity index (χ0) is 15.3. The quantitative estimate of drug-likeness (QED) is 0.811.